The van der Waals surface area contributed by atoms with Crippen LogP contribution in [-0.2, 0) is 21.1 Å². The summed E-state index contributed by atoms with van der Waals surface area (Å²) in [5, 5.41) is -0.211. The number of aromatic nitrogens is 4. The smallest absolute Gasteiger partial charge is 0.292 e. The Bertz CT molecular complexity index is 835. The summed E-state index contributed by atoms with van der Waals surface area (Å²) in [6, 6.07) is 0. The number of aryl methyl sites for hydroxylation is 1. The highest BCUT2D eigenvalue weighted by atomic mass is 16.2. The van der Waals surface area contributed by atoms with Gasteiger partial charge in [0.15, 0.2) is 0 Å². The van der Waals surface area contributed by atoms with Crippen LogP contribution in [0.3, 0.4) is 0 Å². The lowest BCUT2D eigenvalue weighted by Crippen LogP contribution is -2.43. The maximum absolute atomic E-state index is 11.8. The summed E-state index contributed by atoms with van der Waals surface area (Å²) < 4.78 is 2.66. The molecule has 8 heteroatoms. The molecule has 0 saturated heterocycles. The van der Waals surface area contributed by atoms with E-state index in [-0.39, 0.29) is 11.0 Å². The van der Waals surface area contributed by atoms with Crippen LogP contribution in [-0.4, -0.2) is 18.7 Å². The van der Waals surface area contributed by atoms with Crippen LogP contribution in [0.25, 0.3) is 11.0 Å². The average molecular weight is 238 g/mol. The molecule has 2 heterocycles. The first kappa shape index (κ1) is 11.1. The lowest BCUT2D eigenvalue weighted by molar-refractivity contribution is 0.691. The van der Waals surface area contributed by atoms with Crippen molar-refractivity contribution in [3.8, 4) is 0 Å². The van der Waals surface area contributed by atoms with Gasteiger partial charge in [-0.05, 0) is 0 Å². The Kier molecular flexibility index (Phi) is 2.16. The summed E-state index contributed by atoms with van der Waals surface area (Å²) >= 11 is 0. The van der Waals surface area contributed by atoms with Gasteiger partial charge in [-0.15, -0.1) is 0 Å². The number of hydrogen-bond donors (Lipinski definition) is 1. The fraction of sp³-hybridized carbons (Fsp3) is 0.333. The van der Waals surface area contributed by atoms with E-state index in [9.17, 15) is 19.2 Å². The van der Waals surface area contributed by atoms with Gasteiger partial charge in [0.2, 0.25) is 0 Å². The first-order valence-corrected chi connectivity index (χ1v) is 4.75. The predicted molar refractivity (Wildman–Crippen MR) is 60.3 cm³/mol. The maximum Gasteiger partial charge on any atom is 0.332 e. The van der Waals surface area contributed by atoms with Crippen molar-refractivity contribution in [2.75, 3.05) is 0 Å². The number of fused-ring (bicyclic) bond motifs is 1. The molecule has 17 heavy (non-hydrogen) atoms. The molecule has 90 valence electrons. The van der Waals surface area contributed by atoms with Crippen LogP contribution in [0.4, 0.5) is 0 Å². The minimum atomic E-state index is -0.722. The molecule has 0 aliphatic carbocycles. The number of nitrogens with one attached hydrogen (secondary N) is 1. The van der Waals surface area contributed by atoms with Crippen molar-refractivity contribution in [2.24, 2.45) is 21.1 Å². The Morgan fingerprint density at radius 3 is 1.94 bits per heavy atom. The average Bonchev–Trinajstić information content (AvgIpc) is 2.30. The molecule has 0 aromatic carbocycles. The van der Waals surface area contributed by atoms with Gasteiger partial charge in [0.1, 0.15) is 11.0 Å². The van der Waals surface area contributed by atoms with E-state index in [1.165, 1.54) is 21.1 Å². The zero-order valence-corrected chi connectivity index (χ0v) is 9.47. The lowest BCUT2D eigenvalue weighted by atomic mass is 10.4. The SMILES string of the molecule is Cn1c(=O)[nH]c2c(c1=O)c(=O)n(C)c(=O)n2C. The quantitative estimate of drug-likeness (QED) is 0.554. The van der Waals surface area contributed by atoms with Crippen molar-refractivity contribution in [1.82, 2.24) is 18.7 Å². The number of H-pyrrole nitrogens is 1. The van der Waals surface area contributed by atoms with Crippen LogP contribution < -0.4 is 22.5 Å². The molecule has 0 aliphatic heterocycles. The monoisotopic (exact) mass is 238 g/mol. The van der Waals surface area contributed by atoms with Gasteiger partial charge in [-0.3, -0.25) is 28.3 Å². The molecule has 0 radical (unpaired) electrons. The van der Waals surface area contributed by atoms with Crippen LogP contribution in [0.15, 0.2) is 19.2 Å². The molecule has 1 N–H and O–H groups in total. The van der Waals surface area contributed by atoms with Crippen molar-refractivity contribution in [2.45, 2.75) is 0 Å². The van der Waals surface area contributed by atoms with Gasteiger partial charge in [0, 0.05) is 21.1 Å². The van der Waals surface area contributed by atoms with E-state index in [0.717, 1.165) is 13.7 Å². The molecule has 0 atom stereocenters. The molecule has 8 nitrogen and oxygen atoms in total. The van der Waals surface area contributed by atoms with Crippen LogP contribution in [0.2, 0.25) is 0 Å². The van der Waals surface area contributed by atoms with E-state index in [0.29, 0.717) is 0 Å². The van der Waals surface area contributed by atoms with Gasteiger partial charge in [-0.2, -0.15) is 0 Å². The highest BCUT2D eigenvalue weighted by Gasteiger charge is 2.14. The van der Waals surface area contributed by atoms with E-state index in [4.69, 9.17) is 0 Å². The first-order valence-electron chi connectivity index (χ1n) is 4.75. The Balaban J connectivity index is 3.38. The maximum atomic E-state index is 11.8. The van der Waals surface area contributed by atoms with Crippen LogP contribution in [0.5, 0.6) is 0 Å². The minimum Gasteiger partial charge on any atom is -0.292 e. The number of hydrogen-bond acceptors (Lipinski definition) is 4. The minimum absolute atomic E-state index is 0.0637. The normalized spacial score (nSPS) is 11.0. The highest BCUT2D eigenvalue weighted by Crippen LogP contribution is 1.93. The van der Waals surface area contributed by atoms with Gasteiger partial charge in [-0.1, -0.05) is 0 Å². The number of nitrogens with zero attached hydrogens (tertiary/aromatic N) is 3. The molecule has 2 rings (SSSR count). The Morgan fingerprint density at radius 2 is 1.35 bits per heavy atom. The summed E-state index contributed by atoms with van der Waals surface area (Å²) in [5.74, 6) is 0. The lowest BCUT2D eigenvalue weighted by Gasteiger charge is -2.06. The Morgan fingerprint density at radius 1 is 0.824 bits per heavy atom. The van der Waals surface area contributed by atoms with E-state index in [2.05, 4.69) is 4.98 Å². The number of aromatic amines is 1. The fourth-order valence-corrected chi connectivity index (χ4v) is 1.63. The molecule has 0 aliphatic rings. The second-order valence-electron chi connectivity index (χ2n) is 3.72. The molecular formula is C9H10N4O4. The second-order valence-corrected chi connectivity index (χ2v) is 3.72. The summed E-state index contributed by atoms with van der Waals surface area (Å²) in [6.07, 6.45) is 0. The zero-order chi connectivity index (χ0) is 12.9. The van der Waals surface area contributed by atoms with Crippen molar-refractivity contribution >= 4 is 11.0 Å². The van der Waals surface area contributed by atoms with Gasteiger partial charge >= 0.3 is 11.4 Å². The van der Waals surface area contributed by atoms with Crippen LogP contribution in [0.1, 0.15) is 0 Å². The third-order valence-electron chi connectivity index (χ3n) is 2.71. The Hall–Kier alpha value is -2.38. The van der Waals surface area contributed by atoms with Crippen LogP contribution >= 0.6 is 0 Å². The molecule has 0 amide bonds. The summed E-state index contributed by atoms with van der Waals surface area (Å²) in [5.41, 5.74) is -2.79. The molecule has 0 fully saturated rings. The Labute approximate surface area is 93.4 Å². The molecule has 0 saturated carbocycles. The third kappa shape index (κ3) is 1.30. The predicted octanol–water partition coefficient (Wildman–Crippen LogP) is -2.38. The molecule has 2 aromatic heterocycles. The van der Waals surface area contributed by atoms with Crippen molar-refractivity contribution in [1.29, 1.82) is 0 Å². The first-order chi connectivity index (χ1) is 7.86. The topological polar surface area (TPSA) is 98.9 Å². The largest absolute Gasteiger partial charge is 0.332 e. The van der Waals surface area contributed by atoms with Gasteiger partial charge in [-0.25, -0.2) is 9.59 Å². The van der Waals surface area contributed by atoms with Crippen molar-refractivity contribution in [3.63, 3.8) is 0 Å². The van der Waals surface area contributed by atoms with E-state index in [1.807, 2.05) is 0 Å². The van der Waals surface area contributed by atoms with Crippen molar-refractivity contribution < 1.29 is 0 Å². The molecule has 0 spiro atoms. The zero-order valence-electron chi connectivity index (χ0n) is 9.47. The van der Waals surface area contributed by atoms with Gasteiger partial charge in [0.05, 0.1) is 0 Å². The standard InChI is InChI=1S/C9H10N4O4/c1-11-5-4(7(15)13(3)9(11)17)6(14)12(2)8(16)10-5/h1-3H3,(H,10,16). The van der Waals surface area contributed by atoms with Crippen LogP contribution in [0, 0.1) is 0 Å². The second kappa shape index (κ2) is 3.30. The molecular weight excluding hydrogens is 228 g/mol. The third-order valence-corrected chi connectivity index (χ3v) is 2.71. The van der Waals surface area contributed by atoms with E-state index in [1.54, 1.807) is 0 Å². The van der Waals surface area contributed by atoms with E-state index >= 15 is 0 Å². The molecule has 0 unspecified atom stereocenters. The highest BCUT2D eigenvalue weighted by molar-refractivity contribution is 5.72. The summed E-state index contributed by atoms with van der Waals surface area (Å²) in [6.45, 7) is 0. The summed E-state index contributed by atoms with van der Waals surface area (Å²) in [7, 11) is 3.90. The van der Waals surface area contributed by atoms with E-state index < -0.39 is 22.5 Å². The number of rotatable bonds is 0. The van der Waals surface area contributed by atoms with Crippen molar-refractivity contribution in [3.05, 3.63) is 41.7 Å². The fourth-order valence-electron chi connectivity index (χ4n) is 1.63. The summed E-state index contributed by atoms with van der Waals surface area (Å²) in [4.78, 5) is 48.9. The van der Waals surface area contributed by atoms with Gasteiger partial charge < -0.3 is 0 Å². The van der Waals surface area contributed by atoms with Gasteiger partial charge in [0.25, 0.3) is 11.1 Å². The molecule has 2 aromatic rings. The molecule has 0 bridgehead atoms.